The molecular formula is C17H29N5O3S. The minimum atomic E-state index is -0.258. The molecule has 0 radical (unpaired) electrons. The maximum Gasteiger partial charge on any atom is 0.261 e. The molecule has 8 nitrogen and oxygen atoms in total. The van der Waals surface area contributed by atoms with E-state index in [1.54, 1.807) is 0 Å². The van der Waals surface area contributed by atoms with E-state index in [2.05, 4.69) is 27.2 Å². The number of nitrogens with one attached hydrogen (secondary N) is 3. The van der Waals surface area contributed by atoms with Crippen LogP contribution >= 0.6 is 12.0 Å². The van der Waals surface area contributed by atoms with Crippen LogP contribution in [-0.2, 0) is 15.3 Å². The van der Waals surface area contributed by atoms with Gasteiger partial charge in [0, 0.05) is 51.2 Å². The average Bonchev–Trinajstić information content (AvgIpc) is 2.62. The van der Waals surface area contributed by atoms with Gasteiger partial charge in [0.2, 0.25) is 0 Å². The molecule has 0 spiro atoms. The van der Waals surface area contributed by atoms with Crippen molar-refractivity contribution in [2.75, 3.05) is 44.9 Å². The van der Waals surface area contributed by atoms with Crippen LogP contribution in [0.5, 0.6) is 0 Å². The van der Waals surface area contributed by atoms with Crippen molar-refractivity contribution >= 4 is 24.1 Å². The zero-order chi connectivity index (χ0) is 18.9. The first-order valence-electron chi connectivity index (χ1n) is 8.93. The molecule has 2 fully saturated rings. The highest BCUT2D eigenvalue weighted by atomic mass is 32.2. The maximum absolute atomic E-state index is 11.8. The molecule has 3 heterocycles. The van der Waals surface area contributed by atoms with E-state index >= 15 is 0 Å². The number of nitrogens with zero attached hydrogens (tertiary/aromatic N) is 2. The van der Waals surface area contributed by atoms with Crippen molar-refractivity contribution in [2.24, 2.45) is 0 Å². The molecule has 2 aliphatic heterocycles. The fourth-order valence-corrected chi connectivity index (χ4v) is 3.21. The Morgan fingerprint density at radius 3 is 2.69 bits per heavy atom. The molecule has 26 heavy (non-hydrogen) atoms. The van der Waals surface area contributed by atoms with Gasteiger partial charge in [0.05, 0.1) is 11.7 Å². The molecule has 9 heteroatoms. The summed E-state index contributed by atoms with van der Waals surface area (Å²) in [6.07, 6.45) is 5.96. The lowest BCUT2D eigenvalue weighted by molar-refractivity contribution is 0.0550. The molecule has 146 valence electrons. The van der Waals surface area contributed by atoms with Gasteiger partial charge >= 0.3 is 0 Å². The molecular weight excluding hydrogens is 354 g/mol. The van der Waals surface area contributed by atoms with E-state index in [-0.39, 0.29) is 11.6 Å². The van der Waals surface area contributed by atoms with Gasteiger partial charge in [0.25, 0.3) is 5.56 Å². The minimum absolute atomic E-state index is 0.258. The molecule has 3 N–H and O–H groups in total. The van der Waals surface area contributed by atoms with E-state index in [1.165, 1.54) is 12.0 Å². The van der Waals surface area contributed by atoms with E-state index in [9.17, 15) is 4.79 Å². The number of likely N-dealkylation sites (N-methyl/N-ethyl adjacent to an activating group) is 1. The van der Waals surface area contributed by atoms with Gasteiger partial charge < -0.3 is 29.5 Å². The molecule has 1 aromatic heterocycles. The molecule has 0 amide bonds. The molecule has 0 bridgehead atoms. The SMILES string of the molecule is CCc1nc(NC2CCOCC2)c(C=N)c(=O)[nH]1.CSOC1CN(C)C1. The summed E-state index contributed by atoms with van der Waals surface area (Å²) < 4.78 is 10.5. The van der Waals surface area contributed by atoms with Gasteiger partial charge in [0.15, 0.2) is 0 Å². The molecule has 2 saturated heterocycles. The number of hydrogen-bond donors (Lipinski definition) is 3. The first kappa shape index (κ1) is 20.9. The van der Waals surface area contributed by atoms with Crippen molar-refractivity contribution in [3.8, 4) is 0 Å². The highest BCUT2D eigenvalue weighted by Gasteiger charge is 2.23. The summed E-state index contributed by atoms with van der Waals surface area (Å²) >= 11 is 1.46. The van der Waals surface area contributed by atoms with Crippen molar-refractivity contribution in [3.05, 3.63) is 21.7 Å². The molecule has 0 aliphatic carbocycles. The lowest BCUT2D eigenvalue weighted by atomic mass is 10.1. The van der Waals surface area contributed by atoms with Gasteiger partial charge in [0.1, 0.15) is 11.6 Å². The molecule has 0 atom stereocenters. The Labute approximate surface area is 158 Å². The number of rotatable bonds is 6. The largest absolute Gasteiger partial charge is 0.381 e. The second kappa shape index (κ2) is 10.7. The van der Waals surface area contributed by atoms with Crippen molar-refractivity contribution in [3.63, 3.8) is 0 Å². The number of aryl methyl sites for hydroxylation is 1. The molecule has 3 rings (SSSR count). The quantitative estimate of drug-likeness (QED) is 0.505. The normalized spacial score (nSPS) is 18.6. The maximum atomic E-state index is 11.8. The predicted molar refractivity (Wildman–Crippen MR) is 105 cm³/mol. The summed E-state index contributed by atoms with van der Waals surface area (Å²) in [5.74, 6) is 1.15. The van der Waals surface area contributed by atoms with Crippen LogP contribution in [0.1, 0.15) is 31.2 Å². The number of likely N-dealkylation sites (tertiary alicyclic amines) is 1. The van der Waals surface area contributed by atoms with Crippen molar-refractivity contribution in [1.82, 2.24) is 14.9 Å². The third kappa shape index (κ3) is 6.08. The van der Waals surface area contributed by atoms with Crippen LogP contribution in [0.15, 0.2) is 4.79 Å². The zero-order valence-corrected chi connectivity index (χ0v) is 16.5. The number of H-pyrrole nitrogens is 1. The standard InChI is InChI=1S/C12H18N4O2.C5H11NOS/c1-2-10-15-11(9(7-13)12(17)16-10)14-8-3-5-18-6-4-8;1-6-3-5(4-6)7-8-2/h7-8,13H,2-6H2,1H3,(H2,14,15,16,17);5H,3-4H2,1-2H3. The van der Waals surface area contributed by atoms with E-state index in [4.69, 9.17) is 14.3 Å². The summed E-state index contributed by atoms with van der Waals surface area (Å²) in [6, 6.07) is 0.261. The Balaban J connectivity index is 0.000000254. The lowest BCUT2D eigenvalue weighted by Gasteiger charge is -2.34. The molecule has 1 aromatic rings. The Kier molecular flexibility index (Phi) is 8.56. The third-order valence-corrected chi connectivity index (χ3v) is 4.77. The Morgan fingerprint density at radius 2 is 2.15 bits per heavy atom. The molecule has 2 aliphatic rings. The van der Waals surface area contributed by atoms with Gasteiger partial charge in [-0.1, -0.05) is 6.92 Å². The number of anilines is 1. The van der Waals surface area contributed by atoms with Gasteiger partial charge in [-0.3, -0.25) is 4.79 Å². The van der Waals surface area contributed by atoms with Crippen LogP contribution in [-0.4, -0.2) is 72.8 Å². The Morgan fingerprint density at radius 1 is 1.46 bits per heavy atom. The second-order valence-electron chi connectivity index (χ2n) is 6.41. The number of aromatic nitrogens is 2. The third-order valence-electron chi connectivity index (χ3n) is 4.31. The number of aromatic amines is 1. The molecule has 0 aromatic carbocycles. The summed E-state index contributed by atoms with van der Waals surface area (Å²) in [5, 5.41) is 10.6. The number of hydrogen-bond acceptors (Lipinski definition) is 8. The summed E-state index contributed by atoms with van der Waals surface area (Å²) in [5.41, 5.74) is 0.0325. The fraction of sp³-hybridized carbons (Fsp3) is 0.706. The zero-order valence-electron chi connectivity index (χ0n) is 15.7. The average molecular weight is 384 g/mol. The van der Waals surface area contributed by atoms with E-state index in [0.717, 1.165) is 45.4 Å². The van der Waals surface area contributed by atoms with Gasteiger partial charge in [-0.15, -0.1) is 0 Å². The van der Waals surface area contributed by atoms with Crippen molar-refractivity contribution in [2.45, 2.75) is 38.3 Å². The van der Waals surface area contributed by atoms with Crippen LogP contribution < -0.4 is 10.9 Å². The first-order valence-corrected chi connectivity index (χ1v) is 10.1. The summed E-state index contributed by atoms with van der Waals surface area (Å²) in [7, 11) is 2.10. The van der Waals surface area contributed by atoms with E-state index < -0.39 is 0 Å². The smallest absolute Gasteiger partial charge is 0.261 e. The van der Waals surface area contributed by atoms with Crippen molar-refractivity contribution < 1.29 is 8.92 Å². The topological polar surface area (TPSA) is 103 Å². The Bertz CT molecular complexity index is 625. The van der Waals surface area contributed by atoms with E-state index in [1.807, 2.05) is 13.2 Å². The Hall–Kier alpha value is -1.42. The van der Waals surface area contributed by atoms with Crippen LogP contribution in [0.2, 0.25) is 0 Å². The van der Waals surface area contributed by atoms with Gasteiger partial charge in [-0.05, 0) is 31.9 Å². The van der Waals surface area contributed by atoms with E-state index in [0.29, 0.717) is 29.7 Å². The second-order valence-corrected chi connectivity index (χ2v) is 6.94. The highest BCUT2D eigenvalue weighted by Crippen LogP contribution is 2.15. The van der Waals surface area contributed by atoms with Crippen LogP contribution in [0.4, 0.5) is 5.82 Å². The minimum Gasteiger partial charge on any atom is -0.381 e. The van der Waals surface area contributed by atoms with Crippen LogP contribution in [0.25, 0.3) is 0 Å². The van der Waals surface area contributed by atoms with Crippen LogP contribution in [0.3, 0.4) is 0 Å². The monoisotopic (exact) mass is 383 g/mol. The van der Waals surface area contributed by atoms with Crippen LogP contribution in [0, 0.1) is 5.41 Å². The highest BCUT2D eigenvalue weighted by molar-refractivity contribution is 7.93. The van der Waals surface area contributed by atoms with Gasteiger partial charge in [-0.25, -0.2) is 4.98 Å². The summed E-state index contributed by atoms with van der Waals surface area (Å²) in [4.78, 5) is 21.0. The van der Waals surface area contributed by atoms with Crippen molar-refractivity contribution in [1.29, 1.82) is 5.41 Å². The fourth-order valence-electron chi connectivity index (χ4n) is 2.81. The first-order chi connectivity index (χ1) is 12.6. The number of ether oxygens (including phenoxy) is 1. The van der Waals surface area contributed by atoms with Gasteiger partial charge in [-0.2, -0.15) is 0 Å². The predicted octanol–water partition coefficient (Wildman–Crippen LogP) is 1.52. The molecule has 0 saturated carbocycles. The lowest BCUT2D eigenvalue weighted by Crippen LogP contribution is -2.48. The summed E-state index contributed by atoms with van der Waals surface area (Å²) in [6.45, 7) is 5.57. The molecule has 0 unspecified atom stereocenters.